The van der Waals surface area contributed by atoms with Crippen LogP contribution in [0.2, 0.25) is 0 Å². The molecule has 0 saturated carbocycles. The van der Waals surface area contributed by atoms with Gasteiger partial charge in [-0.2, -0.15) is 9.78 Å². The second kappa shape index (κ2) is 6.29. The lowest BCUT2D eigenvalue weighted by Crippen LogP contribution is -2.52. The van der Waals surface area contributed by atoms with Gasteiger partial charge >= 0.3 is 0 Å². The number of carbonyl (C=O) groups is 1. The van der Waals surface area contributed by atoms with Crippen LogP contribution in [0.3, 0.4) is 0 Å². The van der Waals surface area contributed by atoms with Crippen LogP contribution in [0.1, 0.15) is 17.4 Å². The molecule has 7 heteroatoms. The van der Waals surface area contributed by atoms with Crippen LogP contribution in [0, 0.1) is 5.82 Å². The lowest BCUT2D eigenvalue weighted by atomic mass is 10.2. The average Bonchev–Trinajstić information content (AvgIpc) is 2.56. The van der Waals surface area contributed by atoms with Crippen LogP contribution in [0.4, 0.5) is 4.39 Å². The van der Waals surface area contributed by atoms with Crippen molar-refractivity contribution in [3.63, 3.8) is 0 Å². The van der Waals surface area contributed by atoms with E-state index in [0.29, 0.717) is 12.2 Å². The Morgan fingerprint density at radius 3 is 2.70 bits per heavy atom. The monoisotopic (exact) mass is 316 g/mol. The quantitative estimate of drug-likeness (QED) is 0.890. The molecule has 2 aromatic rings. The van der Waals surface area contributed by atoms with E-state index in [1.807, 2.05) is 6.92 Å². The molecule has 0 spiro atoms. The molecule has 23 heavy (non-hydrogen) atoms. The summed E-state index contributed by atoms with van der Waals surface area (Å²) in [5, 5.41) is 7.37. The molecule has 1 aliphatic heterocycles. The fourth-order valence-corrected chi connectivity index (χ4v) is 2.58. The first-order valence-electron chi connectivity index (χ1n) is 7.44. The van der Waals surface area contributed by atoms with Crippen molar-refractivity contribution < 1.29 is 9.18 Å². The fraction of sp³-hybridized carbons (Fsp3) is 0.312. The van der Waals surface area contributed by atoms with Gasteiger partial charge in [0.05, 0.1) is 5.69 Å². The minimum Gasteiger partial charge on any atom is -0.332 e. The van der Waals surface area contributed by atoms with E-state index in [0.717, 1.165) is 17.8 Å². The number of nitrogens with zero attached hydrogens (tertiary/aromatic N) is 3. The van der Waals surface area contributed by atoms with Gasteiger partial charge in [-0.05, 0) is 37.3 Å². The Balaban J connectivity index is 1.95. The Morgan fingerprint density at radius 2 is 2.00 bits per heavy atom. The molecule has 3 rings (SSSR count). The van der Waals surface area contributed by atoms with Crippen LogP contribution in [-0.2, 0) is 0 Å². The maximum Gasteiger partial charge on any atom is 0.274 e. The third-order valence-electron chi connectivity index (χ3n) is 3.85. The molecule has 2 heterocycles. The molecule has 1 atom stereocenters. The zero-order valence-electron chi connectivity index (χ0n) is 12.7. The molecule has 0 bridgehead atoms. The van der Waals surface area contributed by atoms with Crippen LogP contribution >= 0.6 is 0 Å². The van der Waals surface area contributed by atoms with Gasteiger partial charge in [0, 0.05) is 31.7 Å². The van der Waals surface area contributed by atoms with E-state index < -0.39 is 5.82 Å². The van der Waals surface area contributed by atoms with Gasteiger partial charge in [-0.3, -0.25) is 9.59 Å². The molecule has 0 aliphatic carbocycles. The number of amides is 1. The Morgan fingerprint density at radius 1 is 1.26 bits per heavy atom. The molecule has 0 radical (unpaired) electrons. The van der Waals surface area contributed by atoms with Crippen LogP contribution < -0.4 is 10.9 Å². The van der Waals surface area contributed by atoms with Crippen molar-refractivity contribution in [3.05, 3.63) is 58.3 Å². The maximum absolute atomic E-state index is 13.0. The van der Waals surface area contributed by atoms with Crippen molar-refractivity contribution in [1.29, 1.82) is 0 Å². The van der Waals surface area contributed by atoms with Crippen molar-refractivity contribution in [2.24, 2.45) is 0 Å². The molecule has 1 saturated heterocycles. The molecular weight excluding hydrogens is 299 g/mol. The van der Waals surface area contributed by atoms with Gasteiger partial charge in [0.15, 0.2) is 0 Å². The molecule has 1 fully saturated rings. The van der Waals surface area contributed by atoms with Crippen LogP contribution in [-0.4, -0.2) is 46.3 Å². The predicted molar refractivity (Wildman–Crippen MR) is 83.2 cm³/mol. The summed E-state index contributed by atoms with van der Waals surface area (Å²) in [4.78, 5) is 26.3. The molecule has 1 aliphatic rings. The zero-order chi connectivity index (χ0) is 16.4. The van der Waals surface area contributed by atoms with Crippen LogP contribution in [0.5, 0.6) is 0 Å². The number of piperazine rings is 1. The summed E-state index contributed by atoms with van der Waals surface area (Å²) in [6, 6.07) is 8.18. The smallest absolute Gasteiger partial charge is 0.274 e. The van der Waals surface area contributed by atoms with E-state index in [2.05, 4.69) is 10.4 Å². The fourth-order valence-electron chi connectivity index (χ4n) is 2.58. The van der Waals surface area contributed by atoms with E-state index in [-0.39, 0.29) is 23.2 Å². The number of benzene rings is 1. The number of hydrogen-bond donors (Lipinski definition) is 1. The summed E-state index contributed by atoms with van der Waals surface area (Å²) < 4.78 is 14.1. The highest BCUT2D eigenvalue weighted by molar-refractivity contribution is 5.92. The highest BCUT2D eigenvalue weighted by atomic mass is 19.1. The third-order valence-corrected chi connectivity index (χ3v) is 3.85. The summed E-state index contributed by atoms with van der Waals surface area (Å²) in [5.74, 6) is -0.612. The molecule has 120 valence electrons. The Labute approximate surface area is 132 Å². The molecule has 1 aromatic heterocycles. The van der Waals surface area contributed by atoms with E-state index in [4.69, 9.17) is 0 Å². The largest absolute Gasteiger partial charge is 0.332 e. The van der Waals surface area contributed by atoms with Crippen molar-refractivity contribution >= 4 is 5.91 Å². The number of rotatable bonds is 2. The summed E-state index contributed by atoms with van der Waals surface area (Å²) in [6.07, 6.45) is 0. The zero-order valence-corrected chi connectivity index (χ0v) is 12.7. The van der Waals surface area contributed by atoms with Gasteiger partial charge in [0.1, 0.15) is 11.5 Å². The van der Waals surface area contributed by atoms with E-state index in [1.54, 1.807) is 4.90 Å². The highest BCUT2D eigenvalue weighted by Crippen LogP contribution is 2.10. The van der Waals surface area contributed by atoms with Gasteiger partial charge in [0.2, 0.25) is 0 Å². The van der Waals surface area contributed by atoms with Crippen LogP contribution in [0.15, 0.2) is 41.2 Å². The molecule has 1 amide bonds. The average molecular weight is 316 g/mol. The lowest BCUT2D eigenvalue weighted by molar-refractivity contribution is 0.0647. The SMILES string of the molecule is C[C@H]1CNCCN1C(=O)c1ccc(=O)n(-c2ccc(F)cc2)n1. The van der Waals surface area contributed by atoms with E-state index in [1.165, 1.54) is 36.4 Å². The summed E-state index contributed by atoms with van der Waals surface area (Å²) >= 11 is 0. The molecule has 6 nitrogen and oxygen atoms in total. The van der Waals surface area contributed by atoms with E-state index in [9.17, 15) is 14.0 Å². The first kappa shape index (κ1) is 15.4. The molecule has 1 N–H and O–H groups in total. The first-order chi connectivity index (χ1) is 11.1. The standard InChI is InChI=1S/C16H17FN4O2/c1-11-10-18-8-9-20(11)16(23)14-6-7-15(22)21(19-14)13-4-2-12(17)3-5-13/h2-7,11,18H,8-10H2,1H3/t11-/m0/s1. The predicted octanol–water partition coefficient (Wildman–Crippen LogP) is 0.805. The van der Waals surface area contributed by atoms with Crippen molar-refractivity contribution in [3.8, 4) is 5.69 Å². The normalized spacial score (nSPS) is 18.0. The molecule has 0 unspecified atom stereocenters. The highest BCUT2D eigenvalue weighted by Gasteiger charge is 2.25. The van der Waals surface area contributed by atoms with Crippen LogP contribution in [0.25, 0.3) is 5.69 Å². The summed E-state index contributed by atoms with van der Waals surface area (Å²) in [7, 11) is 0. The summed E-state index contributed by atoms with van der Waals surface area (Å²) in [6.45, 7) is 4.01. The van der Waals surface area contributed by atoms with E-state index >= 15 is 0 Å². The lowest BCUT2D eigenvalue weighted by Gasteiger charge is -2.33. The van der Waals surface area contributed by atoms with Gasteiger partial charge < -0.3 is 10.2 Å². The topological polar surface area (TPSA) is 67.2 Å². The first-order valence-corrected chi connectivity index (χ1v) is 7.44. The maximum atomic E-state index is 13.0. The third kappa shape index (κ3) is 3.14. The number of aromatic nitrogens is 2. The minimum absolute atomic E-state index is 0.0595. The van der Waals surface area contributed by atoms with Crippen molar-refractivity contribution in [2.45, 2.75) is 13.0 Å². The molecular formula is C16H17FN4O2. The number of hydrogen-bond acceptors (Lipinski definition) is 4. The van der Waals surface area contributed by atoms with Gasteiger partial charge in [-0.15, -0.1) is 0 Å². The van der Waals surface area contributed by atoms with Gasteiger partial charge in [-0.25, -0.2) is 4.39 Å². The number of halogens is 1. The number of carbonyl (C=O) groups excluding carboxylic acids is 1. The summed E-state index contributed by atoms with van der Waals surface area (Å²) in [5.41, 5.74) is 0.239. The van der Waals surface area contributed by atoms with Gasteiger partial charge in [0.25, 0.3) is 11.5 Å². The molecule has 1 aromatic carbocycles. The number of nitrogens with one attached hydrogen (secondary N) is 1. The minimum atomic E-state index is -0.399. The Kier molecular flexibility index (Phi) is 4.20. The Bertz CT molecular complexity index is 772. The van der Waals surface area contributed by atoms with Crippen molar-refractivity contribution in [2.75, 3.05) is 19.6 Å². The van der Waals surface area contributed by atoms with Gasteiger partial charge in [-0.1, -0.05) is 0 Å². The Hall–Kier alpha value is -2.54. The van der Waals surface area contributed by atoms with Crippen molar-refractivity contribution in [1.82, 2.24) is 20.0 Å². The second-order valence-corrected chi connectivity index (χ2v) is 5.50. The second-order valence-electron chi connectivity index (χ2n) is 5.50.